The summed E-state index contributed by atoms with van der Waals surface area (Å²) >= 11 is 6.26. The molecule has 4 amide bonds. The molecule has 58 heavy (non-hydrogen) atoms. The number of alkyl halides is 12. The number of carbonyl (C=O) groups is 4. The first-order valence-electron chi connectivity index (χ1n) is 16.8. The van der Waals surface area contributed by atoms with E-state index in [-0.39, 0.29) is 74.5 Å². The zero-order chi connectivity index (χ0) is 42.8. The van der Waals surface area contributed by atoms with Gasteiger partial charge in [-0.2, -0.15) is 52.7 Å². The number of halogens is 13. The molecule has 3 aromatic carbocycles. The minimum Gasteiger partial charge on any atom is -0.503 e. The van der Waals surface area contributed by atoms with E-state index in [1.165, 1.54) is 12.1 Å². The molecule has 2 aliphatic heterocycles. The van der Waals surface area contributed by atoms with E-state index >= 15 is 0 Å². The zero-order valence-corrected chi connectivity index (χ0v) is 29.6. The molecule has 2 heterocycles. The Morgan fingerprint density at radius 3 is 1.47 bits per heavy atom. The highest BCUT2D eigenvalue weighted by Crippen LogP contribution is 2.60. The molecule has 0 radical (unpaired) electrons. The number of hydrogen-bond acceptors (Lipinski definition) is 6. The van der Waals surface area contributed by atoms with Crippen molar-refractivity contribution in [2.24, 2.45) is 29.6 Å². The molecule has 308 valence electrons. The van der Waals surface area contributed by atoms with Crippen molar-refractivity contribution in [1.82, 2.24) is 0 Å². The molecule has 2 aliphatic carbocycles. The lowest BCUT2D eigenvalue weighted by Crippen LogP contribution is -2.43. The fraction of sp³-hybridized carbons (Fsp3) is 0.351. The summed E-state index contributed by atoms with van der Waals surface area (Å²) in [6.45, 7) is 0. The summed E-state index contributed by atoms with van der Waals surface area (Å²) in [6.07, 6.45) is -21.1. The monoisotopic (exact) mass is 854 g/mol. The van der Waals surface area contributed by atoms with Gasteiger partial charge in [-0.05, 0) is 72.9 Å². The summed E-state index contributed by atoms with van der Waals surface area (Å²) in [7, 11) is 1.11. The van der Waals surface area contributed by atoms with Gasteiger partial charge in [-0.1, -0.05) is 23.3 Å². The highest BCUT2D eigenvalue weighted by molar-refractivity contribution is 6.32. The average Bonchev–Trinajstić information content (AvgIpc) is 3.53. The standard InChI is InChI=1S/C37H23ClF12N2O6/c1-58-25-5-13(4-24(38)29(25)53)26-20-2-3-21-27(32(56)51(30(21)54)18-8-14(34(39,40)41)6-15(9-18)35(42,43)44)22(20)12-23-28(26)33(57)52(31(23)55)19-10-16(36(45,46)47)7-17(11-19)37(48,49)50/h2,4-11,21-23,26-28,53H,3,12H2,1H3/t21-,22+,23+,26-,27-,28+/m0/s1. The number of hydrogen-bond donors (Lipinski definition) is 1. The van der Waals surface area contributed by atoms with E-state index in [1.54, 1.807) is 0 Å². The molecule has 3 aromatic rings. The molecule has 0 bridgehead atoms. The third kappa shape index (κ3) is 6.61. The van der Waals surface area contributed by atoms with Gasteiger partial charge >= 0.3 is 24.7 Å². The maximum Gasteiger partial charge on any atom is 0.416 e. The normalized spacial score (nSPS) is 25.2. The van der Waals surface area contributed by atoms with Crippen molar-refractivity contribution in [2.75, 3.05) is 16.9 Å². The smallest absolute Gasteiger partial charge is 0.416 e. The summed E-state index contributed by atoms with van der Waals surface area (Å²) in [4.78, 5) is 56.9. The molecule has 0 spiro atoms. The Hall–Kier alpha value is -5.27. The first-order chi connectivity index (χ1) is 26.7. The molecule has 2 saturated heterocycles. The fourth-order valence-electron chi connectivity index (χ4n) is 8.54. The SMILES string of the molecule is COc1cc([C@H]2C3=CC[C@@H]4C(=O)N(c5cc(C(F)(F)F)cc(C(F)(F)F)c5)C(=O)[C@@H]4[C@@H]3C[C@H]3C(=O)N(c4cc(C(F)(F)F)cc(C(F)(F)F)c4)C(=O)[C@@H]23)cc(Cl)c1O. The third-order valence-corrected chi connectivity index (χ3v) is 11.2. The minimum atomic E-state index is -5.38. The number of amides is 4. The maximum absolute atomic E-state index is 14.3. The van der Waals surface area contributed by atoms with E-state index in [4.69, 9.17) is 16.3 Å². The van der Waals surface area contributed by atoms with Crippen molar-refractivity contribution < 1.29 is 81.7 Å². The Morgan fingerprint density at radius 2 is 1.03 bits per heavy atom. The van der Waals surface area contributed by atoms with Crippen LogP contribution in [0.2, 0.25) is 5.02 Å². The molecule has 21 heteroatoms. The molecule has 6 atom stereocenters. The van der Waals surface area contributed by atoms with Crippen molar-refractivity contribution in [1.29, 1.82) is 0 Å². The van der Waals surface area contributed by atoms with E-state index in [1.807, 2.05) is 0 Å². The average molecular weight is 855 g/mol. The van der Waals surface area contributed by atoms with Crippen LogP contribution in [0, 0.1) is 29.6 Å². The van der Waals surface area contributed by atoms with Crippen LogP contribution in [0.15, 0.2) is 60.2 Å². The second kappa shape index (κ2) is 13.4. The Bertz CT molecular complexity index is 2250. The number of aromatic hydroxyl groups is 1. The van der Waals surface area contributed by atoms with E-state index in [0.717, 1.165) is 13.2 Å². The van der Waals surface area contributed by atoms with Gasteiger partial charge in [-0.25, -0.2) is 9.80 Å². The summed E-state index contributed by atoms with van der Waals surface area (Å²) in [5, 5.41) is 10.1. The molecule has 4 aliphatic rings. The summed E-state index contributed by atoms with van der Waals surface area (Å²) in [6, 6.07) is 2.57. The van der Waals surface area contributed by atoms with Crippen LogP contribution >= 0.6 is 11.6 Å². The topological polar surface area (TPSA) is 104 Å². The second-order valence-corrected chi connectivity index (χ2v) is 14.5. The number of ether oxygens (including phenoxy) is 1. The van der Waals surface area contributed by atoms with E-state index in [9.17, 15) is 77.0 Å². The van der Waals surface area contributed by atoms with Gasteiger partial charge in [0.15, 0.2) is 11.5 Å². The predicted molar refractivity (Wildman–Crippen MR) is 175 cm³/mol. The number of anilines is 2. The number of methoxy groups -OCH3 is 1. The van der Waals surface area contributed by atoms with Crippen LogP contribution in [0.25, 0.3) is 0 Å². The van der Waals surface area contributed by atoms with Crippen molar-refractivity contribution >= 4 is 46.6 Å². The number of rotatable bonds is 4. The third-order valence-electron chi connectivity index (χ3n) is 10.9. The number of fused-ring (bicyclic) bond motifs is 4. The number of phenolic OH excluding ortho intramolecular Hbond substituents is 1. The summed E-state index contributed by atoms with van der Waals surface area (Å²) < 4.78 is 171. The molecular formula is C37H23ClF12N2O6. The highest BCUT2D eigenvalue weighted by Gasteiger charge is 2.63. The van der Waals surface area contributed by atoms with Crippen LogP contribution in [0.1, 0.15) is 46.6 Å². The van der Waals surface area contributed by atoms with Crippen LogP contribution in [-0.2, 0) is 43.9 Å². The van der Waals surface area contributed by atoms with E-state index in [2.05, 4.69) is 0 Å². The Morgan fingerprint density at radius 1 is 0.603 bits per heavy atom. The Balaban J connectivity index is 1.37. The van der Waals surface area contributed by atoms with Gasteiger partial charge in [0.05, 0.1) is 69.4 Å². The first kappa shape index (κ1) is 40.9. The quantitative estimate of drug-likeness (QED) is 0.160. The van der Waals surface area contributed by atoms with Gasteiger partial charge in [0, 0.05) is 5.92 Å². The summed E-state index contributed by atoms with van der Waals surface area (Å²) in [5.74, 6) is -14.9. The van der Waals surface area contributed by atoms with Gasteiger partial charge in [-0.3, -0.25) is 19.2 Å². The predicted octanol–water partition coefficient (Wildman–Crippen LogP) is 9.17. The molecule has 3 fully saturated rings. The lowest BCUT2D eigenvalue weighted by Gasteiger charge is -2.44. The van der Waals surface area contributed by atoms with Crippen LogP contribution < -0.4 is 14.5 Å². The largest absolute Gasteiger partial charge is 0.503 e. The maximum atomic E-state index is 14.3. The number of imide groups is 2. The van der Waals surface area contributed by atoms with Crippen molar-refractivity contribution in [3.8, 4) is 11.5 Å². The highest BCUT2D eigenvalue weighted by atomic mass is 35.5. The Labute approximate surface area is 322 Å². The Kier molecular flexibility index (Phi) is 9.44. The zero-order valence-electron chi connectivity index (χ0n) is 28.9. The van der Waals surface area contributed by atoms with Gasteiger partial charge < -0.3 is 9.84 Å². The lowest BCUT2D eigenvalue weighted by atomic mass is 9.57. The number of phenols is 1. The number of allylic oxidation sites excluding steroid dienone is 2. The van der Waals surface area contributed by atoms with E-state index < -0.39 is 130 Å². The molecule has 1 N–H and O–H groups in total. The van der Waals surface area contributed by atoms with Crippen LogP contribution in [-0.4, -0.2) is 35.8 Å². The molecular weight excluding hydrogens is 832 g/mol. The molecule has 0 aromatic heterocycles. The van der Waals surface area contributed by atoms with Gasteiger partial charge in [-0.15, -0.1) is 0 Å². The molecule has 8 nitrogen and oxygen atoms in total. The van der Waals surface area contributed by atoms with Crippen LogP contribution in [0.4, 0.5) is 64.1 Å². The van der Waals surface area contributed by atoms with Crippen molar-refractivity contribution in [3.63, 3.8) is 0 Å². The number of nitrogens with zero attached hydrogens (tertiary/aromatic N) is 2. The van der Waals surface area contributed by atoms with Crippen LogP contribution in [0.3, 0.4) is 0 Å². The van der Waals surface area contributed by atoms with Crippen LogP contribution in [0.5, 0.6) is 11.5 Å². The molecule has 0 unspecified atom stereocenters. The minimum absolute atomic E-state index is 0.00611. The second-order valence-electron chi connectivity index (χ2n) is 14.1. The van der Waals surface area contributed by atoms with Gasteiger partial charge in [0.25, 0.3) is 0 Å². The number of carbonyl (C=O) groups excluding carboxylic acids is 4. The lowest BCUT2D eigenvalue weighted by molar-refractivity contribution is -0.144. The van der Waals surface area contributed by atoms with E-state index in [0.29, 0.717) is 0 Å². The molecule has 1 saturated carbocycles. The molecule has 7 rings (SSSR count). The van der Waals surface area contributed by atoms with Crippen molar-refractivity contribution in [3.05, 3.63) is 93.0 Å². The number of benzene rings is 3. The van der Waals surface area contributed by atoms with Gasteiger partial charge in [0.1, 0.15) is 0 Å². The van der Waals surface area contributed by atoms with Gasteiger partial charge in [0.2, 0.25) is 23.6 Å². The fourth-order valence-corrected chi connectivity index (χ4v) is 8.76. The van der Waals surface area contributed by atoms with Crippen molar-refractivity contribution in [2.45, 2.75) is 43.5 Å². The first-order valence-corrected chi connectivity index (χ1v) is 17.2. The summed E-state index contributed by atoms with van der Waals surface area (Å²) in [5.41, 5.74) is -9.39.